The van der Waals surface area contributed by atoms with Crippen LogP contribution in [0.25, 0.3) is 11.1 Å². The number of rotatable bonds is 4. The molecule has 0 fully saturated rings. The molecule has 9 heteroatoms. The summed E-state index contributed by atoms with van der Waals surface area (Å²) in [6.07, 6.45) is 1.37. The first-order valence-electron chi connectivity index (χ1n) is 10.5. The zero-order chi connectivity index (χ0) is 24.1. The molecule has 0 bridgehead atoms. The lowest BCUT2D eigenvalue weighted by Crippen LogP contribution is -2.31. The van der Waals surface area contributed by atoms with Crippen molar-refractivity contribution in [1.82, 2.24) is 4.98 Å². The van der Waals surface area contributed by atoms with Gasteiger partial charge in [0.05, 0.1) is 11.5 Å². The summed E-state index contributed by atoms with van der Waals surface area (Å²) in [5, 5.41) is 9.26. The Kier molecular flexibility index (Phi) is 4.90. The van der Waals surface area contributed by atoms with Gasteiger partial charge in [0.2, 0.25) is 5.95 Å². The number of aromatic nitrogens is 1. The highest BCUT2D eigenvalue weighted by Gasteiger charge is 2.48. The van der Waals surface area contributed by atoms with E-state index in [1.165, 1.54) is 12.3 Å². The normalized spacial score (nSPS) is 18.3. The molecule has 2 N–H and O–H groups in total. The standard InChI is InChI=1S/C25H20F2N4O3/c1-24(2,11-28)12-32-15-9-18-21(19(26)10-15)34-20-6-5-14(16-4-3-7-30-22(16)27)8-17(20)25(18)13-33-23(29)31-25/h3-10H,12-13H2,1-2H3,(H2,29,31). The molecule has 0 radical (unpaired) electrons. The fourth-order valence-corrected chi connectivity index (χ4v) is 4.03. The summed E-state index contributed by atoms with van der Waals surface area (Å²) >= 11 is 0. The number of halogens is 2. The number of aliphatic imine (C=N–C) groups is 1. The molecule has 1 atom stereocenters. The Balaban J connectivity index is 1.66. The molecule has 1 spiro atoms. The Morgan fingerprint density at radius 3 is 2.74 bits per heavy atom. The van der Waals surface area contributed by atoms with Gasteiger partial charge in [-0.3, -0.25) is 0 Å². The number of nitriles is 1. The van der Waals surface area contributed by atoms with Crippen molar-refractivity contribution < 1.29 is 23.0 Å². The van der Waals surface area contributed by atoms with Gasteiger partial charge in [0.15, 0.2) is 17.1 Å². The molecule has 1 aromatic heterocycles. The first kappa shape index (κ1) is 21.6. The van der Waals surface area contributed by atoms with E-state index in [0.717, 1.165) is 0 Å². The van der Waals surface area contributed by atoms with Crippen molar-refractivity contribution in [3.05, 3.63) is 71.6 Å². The molecule has 34 heavy (non-hydrogen) atoms. The van der Waals surface area contributed by atoms with Gasteiger partial charge in [-0.1, -0.05) is 6.07 Å². The molecule has 3 heterocycles. The van der Waals surface area contributed by atoms with Crippen molar-refractivity contribution >= 4 is 6.02 Å². The highest BCUT2D eigenvalue weighted by molar-refractivity contribution is 5.78. The third-order valence-electron chi connectivity index (χ3n) is 5.80. The second kappa shape index (κ2) is 7.70. The van der Waals surface area contributed by atoms with Crippen molar-refractivity contribution in [3.63, 3.8) is 0 Å². The number of fused-ring (bicyclic) bond motifs is 4. The summed E-state index contributed by atoms with van der Waals surface area (Å²) in [5.74, 6) is -0.750. The average molecular weight is 462 g/mol. The number of hydrogen-bond acceptors (Lipinski definition) is 7. The van der Waals surface area contributed by atoms with Crippen LogP contribution >= 0.6 is 0 Å². The van der Waals surface area contributed by atoms with Gasteiger partial charge >= 0.3 is 0 Å². The minimum absolute atomic E-state index is 0.00620. The van der Waals surface area contributed by atoms with Crippen molar-refractivity contribution in [1.29, 1.82) is 5.26 Å². The van der Waals surface area contributed by atoms with E-state index < -0.39 is 22.7 Å². The molecule has 0 saturated carbocycles. The first-order valence-corrected chi connectivity index (χ1v) is 10.5. The third-order valence-corrected chi connectivity index (χ3v) is 5.80. The predicted molar refractivity (Wildman–Crippen MR) is 119 cm³/mol. The molecule has 0 amide bonds. The maximum atomic E-state index is 15.2. The fourth-order valence-electron chi connectivity index (χ4n) is 4.03. The van der Waals surface area contributed by atoms with Gasteiger partial charge in [-0.05, 0) is 49.7 Å². The summed E-state index contributed by atoms with van der Waals surface area (Å²) < 4.78 is 46.8. The molecule has 1 unspecified atom stereocenters. The van der Waals surface area contributed by atoms with Gasteiger partial charge in [0.1, 0.15) is 24.7 Å². The molecule has 3 aromatic rings. The Morgan fingerprint density at radius 2 is 2.03 bits per heavy atom. The monoisotopic (exact) mass is 462 g/mol. The Hall–Kier alpha value is -4.19. The molecular weight excluding hydrogens is 442 g/mol. The quantitative estimate of drug-likeness (QED) is 0.566. The molecule has 0 aliphatic carbocycles. The van der Waals surface area contributed by atoms with Crippen LogP contribution in [-0.4, -0.2) is 24.2 Å². The minimum atomic E-state index is -1.23. The number of nitrogens with two attached hydrogens (primary N) is 1. The van der Waals surface area contributed by atoms with Gasteiger partial charge in [0.25, 0.3) is 6.02 Å². The maximum Gasteiger partial charge on any atom is 0.283 e. The van der Waals surface area contributed by atoms with Crippen molar-refractivity contribution in [3.8, 4) is 34.4 Å². The number of amidine groups is 1. The second-order valence-electron chi connectivity index (χ2n) is 8.82. The molecule has 2 aliphatic heterocycles. The van der Waals surface area contributed by atoms with Crippen molar-refractivity contribution in [2.45, 2.75) is 19.4 Å². The Labute approximate surface area is 194 Å². The molecule has 5 rings (SSSR count). The van der Waals surface area contributed by atoms with Gasteiger partial charge in [0, 0.05) is 29.0 Å². The SMILES string of the molecule is CC(C)(C#N)COc1cc(F)c2c(c1)C1(COC(N)=N1)c1cc(-c3cccnc3F)ccc1O2. The van der Waals surface area contributed by atoms with E-state index in [4.69, 9.17) is 19.9 Å². The van der Waals surface area contributed by atoms with Crippen LogP contribution in [0.2, 0.25) is 0 Å². The number of pyridine rings is 1. The number of nitrogens with zero attached hydrogens (tertiary/aromatic N) is 3. The van der Waals surface area contributed by atoms with E-state index in [0.29, 0.717) is 28.0 Å². The van der Waals surface area contributed by atoms with Gasteiger partial charge < -0.3 is 19.9 Å². The molecule has 2 aromatic carbocycles. The lowest BCUT2D eigenvalue weighted by atomic mass is 9.80. The fraction of sp³-hybridized carbons (Fsp3) is 0.240. The Bertz CT molecular complexity index is 1380. The topological polar surface area (TPSA) is 103 Å². The van der Waals surface area contributed by atoms with E-state index >= 15 is 4.39 Å². The molecule has 0 saturated heterocycles. The summed E-state index contributed by atoms with van der Waals surface area (Å²) in [5.41, 5.74) is 5.63. The van der Waals surface area contributed by atoms with Crippen LogP contribution in [0.1, 0.15) is 25.0 Å². The Morgan fingerprint density at radius 1 is 1.21 bits per heavy atom. The van der Waals surface area contributed by atoms with Crippen LogP contribution in [0, 0.1) is 28.5 Å². The minimum Gasteiger partial charge on any atom is -0.492 e. The summed E-state index contributed by atoms with van der Waals surface area (Å²) in [4.78, 5) is 8.25. The summed E-state index contributed by atoms with van der Waals surface area (Å²) in [6.45, 7) is 3.49. The molecule has 172 valence electrons. The smallest absolute Gasteiger partial charge is 0.283 e. The molecule has 2 aliphatic rings. The van der Waals surface area contributed by atoms with Crippen LogP contribution in [0.4, 0.5) is 8.78 Å². The van der Waals surface area contributed by atoms with Crippen LogP contribution < -0.4 is 15.2 Å². The second-order valence-corrected chi connectivity index (χ2v) is 8.82. The van der Waals surface area contributed by atoms with E-state index in [1.54, 1.807) is 50.2 Å². The largest absolute Gasteiger partial charge is 0.492 e. The first-order chi connectivity index (χ1) is 16.2. The average Bonchev–Trinajstić information content (AvgIpc) is 3.21. The number of hydrogen-bond donors (Lipinski definition) is 1. The van der Waals surface area contributed by atoms with Crippen molar-refractivity contribution in [2.24, 2.45) is 16.1 Å². The molecule has 7 nitrogen and oxygen atoms in total. The zero-order valence-electron chi connectivity index (χ0n) is 18.4. The summed E-state index contributed by atoms with van der Waals surface area (Å²) in [6, 6.07) is 13.2. The van der Waals surface area contributed by atoms with Gasteiger partial charge in [-0.25, -0.2) is 14.4 Å². The highest BCUT2D eigenvalue weighted by Crippen LogP contribution is 2.53. The van der Waals surface area contributed by atoms with E-state index in [1.807, 2.05) is 0 Å². The zero-order valence-corrected chi connectivity index (χ0v) is 18.4. The maximum absolute atomic E-state index is 15.2. The van der Waals surface area contributed by atoms with Gasteiger partial charge in [-0.2, -0.15) is 9.65 Å². The number of benzene rings is 2. The lowest BCUT2D eigenvalue weighted by Gasteiger charge is -2.34. The van der Waals surface area contributed by atoms with Gasteiger partial charge in [-0.15, -0.1) is 0 Å². The van der Waals surface area contributed by atoms with Crippen LogP contribution in [0.15, 0.2) is 53.7 Å². The summed E-state index contributed by atoms with van der Waals surface area (Å²) in [7, 11) is 0. The van der Waals surface area contributed by atoms with E-state index in [2.05, 4.69) is 16.0 Å². The van der Waals surface area contributed by atoms with Crippen LogP contribution in [0.5, 0.6) is 17.2 Å². The van der Waals surface area contributed by atoms with E-state index in [-0.39, 0.29) is 30.7 Å². The lowest BCUT2D eigenvalue weighted by molar-refractivity contribution is 0.223. The predicted octanol–water partition coefficient (Wildman–Crippen LogP) is 4.65. The van der Waals surface area contributed by atoms with Crippen molar-refractivity contribution in [2.75, 3.05) is 13.2 Å². The van der Waals surface area contributed by atoms with E-state index in [9.17, 15) is 9.65 Å². The highest BCUT2D eigenvalue weighted by atomic mass is 19.1. The van der Waals surface area contributed by atoms with Crippen LogP contribution in [-0.2, 0) is 10.3 Å². The van der Waals surface area contributed by atoms with Crippen LogP contribution in [0.3, 0.4) is 0 Å². The molecular formula is C25H20F2N4O3. The third kappa shape index (κ3) is 3.48. The number of ether oxygens (including phenoxy) is 3.